The summed E-state index contributed by atoms with van der Waals surface area (Å²) >= 11 is 0. The van der Waals surface area contributed by atoms with Crippen LogP contribution in [-0.4, -0.2) is 36.7 Å². The average Bonchev–Trinajstić information content (AvgIpc) is 2.82. The number of benzene rings is 1. The second kappa shape index (κ2) is 5.51. The third-order valence-electron chi connectivity index (χ3n) is 4.59. The van der Waals surface area contributed by atoms with E-state index >= 15 is 0 Å². The molecule has 0 bridgehead atoms. The van der Waals surface area contributed by atoms with E-state index < -0.39 is 0 Å². The molecule has 1 aliphatic heterocycles. The van der Waals surface area contributed by atoms with Gasteiger partial charge in [0, 0.05) is 12.6 Å². The van der Waals surface area contributed by atoms with Gasteiger partial charge in [-0.2, -0.15) is 0 Å². The lowest BCUT2D eigenvalue weighted by atomic mass is 9.87. The van der Waals surface area contributed by atoms with E-state index in [-0.39, 0.29) is 0 Å². The quantitative estimate of drug-likeness (QED) is 0.875. The van der Waals surface area contributed by atoms with Crippen molar-refractivity contribution in [2.24, 2.45) is 5.92 Å². The summed E-state index contributed by atoms with van der Waals surface area (Å²) < 4.78 is 0. The molecule has 19 heavy (non-hydrogen) atoms. The molecule has 0 radical (unpaired) electrons. The van der Waals surface area contributed by atoms with Crippen molar-refractivity contribution in [3.8, 4) is 5.75 Å². The predicted molar refractivity (Wildman–Crippen MR) is 77.4 cm³/mol. The summed E-state index contributed by atoms with van der Waals surface area (Å²) in [6, 6.07) is 6.28. The first-order valence-corrected chi connectivity index (χ1v) is 7.46. The van der Waals surface area contributed by atoms with Crippen LogP contribution >= 0.6 is 0 Å². The molecule has 3 rings (SSSR count). The zero-order chi connectivity index (χ0) is 13.2. The number of hydrogen-bond donors (Lipinski definition) is 2. The first-order chi connectivity index (χ1) is 9.22. The largest absolute Gasteiger partial charge is 0.508 e. The molecule has 1 aliphatic carbocycles. The molecule has 1 saturated heterocycles. The Morgan fingerprint density at radius 3 is 3.05 bits per heavy atom. The van der Waals surface area contributed by atoms with E-state index in [0.29, 0.717) is 11.8 Å². The minimum atomic E-state index is 0.396. The predicted octanol–water partition coefficient (Wildman–Crippen LogP) is 2.31. The van der Waals surface area contributed by atoms with E-state index in [0.717, 1.165) is 18.9 Å². The first kappa shape index (κ1) is 12.9. The van der Waals surface area contributed by atoms with Gasteiger partial charge in [0.25, 0.3) is 0 Å². The zero-order valence-corrected chi connectivity index (χ0v) is 11.7. The van der Waals surface area contributed by atoms with Gasteiger partial charge in [-0.1, -0.05) is 6.07 Å². The molecule has 0 amide bonds. The van der Waals surface area contributed by atoms with Gasteiger partial charge in [0.15, 0.2) is 0 Å². The number of fused-ring (bicyclic) bond motifs is 1. The molecule has 0 saturated carbocycles. The van der Waals surface area contributed by atoms with Crippen LogP contribution in [0.2, 0.25) is 0 Å². The van der Waals surface area contributed by atoms with Crippen LogP contribution in [0.15, 0.2) is 18.2 Å². The van der Waals surface area contributed by atoms with Gasteiger partial charge in [0.2, 0.25) is 0 Å². The third-order valence-corrected chi connectivity index (χ3v) is 4.59. The highest BCUT2D eigenvalue weighted by Crippen LogP contribution is 2.32. The molecular weight excluding hydrogens is 236 g/mol. The van der Waals surface area contributed by atoms with Gasteiger partial charge in [-0.3, -0.25) is 0 Å². The van der Waals surface area contributed by atoms with Crippen LogP contribution in [-0.2, 0) is 6.42 Å². The summed E-state index contributed by atoms with van der Waals surface area (Å²) in [6.07, 6.45) is 4.90. The summed E-state index contributed by atoms with van der Waals surface area (Å²) in [5.41, 5.74) is 2.72. The second-order valence-corrected chi connectivity index (χ2v) is 6.15. The fraction of sp³-hybridized carbons (Fsp3) is 0.625. The normalized spacial score (nSPS) is 27.4. The molecule has 1 aromatic rings. The van der Waals surface area contributed by atoms with Gasteiger partial charge < -0.3 is 15.3 Å². The van der Waals surface area contributed by atoms with E-state index in [1.165, 1.54) is 43.5 Å². The number of nitrogens with zero attached hydrogens (tertiary/aromatic N) is 1. The SMILES string of the molecule is CN1CCC(CNC2CCCc3ccc(O)cc32)C1. The monoisotopic (exact) mass is 260 g/mol. The second-order valence-electron chi connectivity index (χ2n) is 6.15. The van der Waals surface area contributed by atoms with Gasteiger partial charge in [-0.05, 0) is 75.0 Å². The zero-order valence-electron chi connectivity index (χ0n) is 11.7. The van der Waals surface area contributed by atoms with Gasteiger partial charge >= 0.3 is 0 Å². The molecule has 3 heteroatoms. The van der Waals surface area contributed by atoms with Crippen molar-refractivity contribution in [3.05, 3.63) is 29.3 Å². The molecule has 2 aliphatic rings. The molecule has 2 atom stereocenters. The molecule has 1 aromatic carbocycles. The molecule has 104 valence electrons. The Balaban J connectivity index is 1.64. The highest BCUT2D eigenvalue weighted by Gasteiger charge is 2.23. The van der Waals surface area contributed by atoms with Gasteiger partial charge in [-0.25, -0.2) is 0 Å². The molecule has 0 aromatic heterocycles. The van der Waals surface area contributed by atoms with Crippen molar-refractivity contribution >= 4 is 0 Å². The lowest BCUT2D eigenvalue weighted by Gasteiger charge is -2.27. The van der Waals surface area contributed by atoms with Crippen molar-refractivity contribution in [2.75, 3.05) is 26.7 Å². The summed E-state index contributed by atoms with van der Waals surface area (Å²) in [5, 5.41) is 13.4. The number of hydrogen-bond acceptors (Lipinski definition) is 3. The Morgan fingerprint density at radius 1 is 1.37 bits per heavy atom. The van der Waals surface area contributed by atoms with E-state index in [2.05, 4.69) is 23.3 Å². The first-order valence-electron chi connectivity index (χ1n) is 7.46. The molecule has 3 nitrogen and oxygen atoms in total. The van der Waals surface area contributed by atoms with Crippen molar-refractivity contribution < 1.29 is 5.11 Å². The Kier molecular flexibility index (Phi) is 3.76. The summed E-state index contributed by atoms with van der Waals surface area (Å²) in [4.78, 5) is 2.41. The molecular formula is C16H24N2O. The molecule has 2 unspecified atom stereocenters. The number of aromatic hydroxyl groups is 1. The van der Waals surface area contributed by atoms with Crippen molar-refractivity contribution in [1.82, 2.24) is 10.2 Å². The van der Waals surface area contributed by atoms with Gasteiger partial charge in [0.1, 0.15) is 5.75 Å². The molecule has 0 spiro atoms. The van der Waals surface area contributed by atoms with Gasteiger partial charge in [0.05, 0.1) is 0 Å². The van der Waals surface area contributed by atoms with Crippen LogP contribution < -0.4 is 5.32 Å². The highest BCUT2D eigenvalue weighted by molar-refractivity contribution is 5.38. The topological polar surface area (TPSA) is 35.5 Å². The van der Waals surface area contributed by atoms with E-state index in [1.807, 2.05) is 12.1 Å². The maximum Gasteiger partial charge on any atom is 0.115 e. The Hall–Kier alpha value is -1.06. The number of aryl methyl sites for hydroxylation is 1. The number of likely N-dealkylation sites (tertiary alicyclic amines) is 1. The van der Waals surface area contributed by atoms with Gasteiger partial charge in [-0.15, -0.1) is 0 Å². The molecule has 1 fully saturated rings. The van der Waals surface area contributed by atoms with Crippen LogP contribution in [0.3, 0.4) is 0 Å². The van der Waals surface area contributed by atoms with Crippen molar-refractivity contribution in [1.29, 1.82) is 0 Å². The fourth-order valence-electron chi connectivity index (χ4n) is 3.50. The fourth-order valence-corrected chi connectivity index (χ4v) is 3.50. The van der Waals surface area contributed by atoms with E-state index in [1.54, 1.807) is 0 Å². The Bertz CT molecular complexity index is 446. The number of nitrogens with one attached hydrogen (secondary N) is 1. The average molecular weight is 260 g/mol. The van der Waals surface area contributed by atoms with E-state index in [4.69, 9.17) is 0 Å². The maximum absolute atomic E-state index is 9.69. The lowest BCUT2D eigenvalue weighted by molar-refractivity contribution is 0.369. The standard InChI is InChI=1S/C16H24N2O/c1-18-8-7-12(11-18)10-17-16-4-2-3-13-5-6-14(19)9-15(13)16/h5-6,9,12,16-17,19H,2-4,7-8,10-11H2,1H3. The summed E-state index contributed by atoms with van der Waals surface area (Å²) in [6.45, 7) is 3.55. The van der Waals surface area contributed by atoms with E-state index in [9.17, 15) is 5.11 Å². The van der Waals surface area contributed by atoms with Crippen LogP contribution in [0.5, 0.6) is 5.75 Å². The lowest BCUT2D eigenvalue weighted by Crippen LogP contribution is -2.30. The molecule has 2 N–H and O–H groups in total. The molecule has 1 heterocycles. The number of rotatable bonds is 3. The minimum absolute atomic E-state index is 0.396. The van der Waals surface area contributed by atoms with Crippen LogP contribution in [0.4, 0.5) is 0 Å². The third kappa shape index (κ3) is 2.93. The van der Waals surface area contributed by atoms with Crippen molar-refractivity contribution in [2.45, 2.75) is 31.7 Å². The van der Waals surface area contributed by atoms with Crippen molar-refractivity contribution in [3.63, 3.8) is 0 Å². The Morgan fingerprint density at radius 2 is 2.26 bits per heavy atom. The van der Waals surface area contributed by atoms with Crippen LogP contribution in [0.1, 0.15) is 36.4 Å². The Labute approximate surface area is 115 Å². The highest BCUT2D eigenvalue weighted by atomic mass is 16.3. The minimum Gasteiger partial charge on any atom is -0.508 e. The summed E-state index contributed by atoms with van der Waals surface area (Å²) in [7, 11) is 2.20. The van der Waals surface area contributed by atoms with Crippen LogP contribution in [0, 0.1) is 5.92 Å². The maximum atomic E-state index is 9.69. The van der Waals surface area contributed by atoms with Crippen LogP contribution in [0.25, 0.3) is 0 Å². The summed E-state index contributed by atoms with van der Waals surface area (Å²) in [5.74, 6) is 1.18. The smallest absolute Gasteiger partial charge is 0.115 e. The number of phenolic OH excluding ortho intramolecular Hbond substituents is 1. The number of phenols is 1.